The van der Waals surface area contributed by atoms with Crippen molar-refractivity contribution in [2.75, 3.05) is 23.7 Å². The van der Waals surface area contributed by atoms with Gasteiger partial charge < -0.3 is 10.2 Å². The molecule has 2 amide bonds. The first-order valence-electron chi connectivity index (χ1n) is 10.4. The lowest BCUT2D eigenvalue weighted by molar-refractivity contribution is -0.139. The van der Waals surface area contributed by atoms with Gasteiger partial charge in [0.15, 0.2) is 0 Å². The molecule has 2 aromatic rings. The normalized spacial score (nSPS) is 12.2. The van der Waals surface area contributed by atoms with E-state index in [2.05, 4.69) is 5.32 Å². The van der Waals surface area contributed by atoms with Crippen LogP contribution in [0.3, 0.4) is 0 Å². The number of carbonyl (C=O) groups is 2. The van der Waals surface area contributed by atoms with E-state index < -0.39 is 28.5 Å². The molecule has 0 saturated carbocycles. The van der Waals surface area contributed by atoms with Gasteiger partial charge in [0.2, 0.25) is 21.8 Å². The Morgan fingerprint density at radius 2 is 1.70 bits per heavy atom. The summed E-state index contributed by atoms with van der Waals surface area (Å²) in [7, 11) is -3.77. The lowest BCUT2D eigenvalue weighted by Crippen LogP contribution is -2.51. The molecule has 180 valence electrons. The van der Waals surface area contributed by atoms with Crippen LogP contribution in [-0.2, 0) is 26.2 Å². The fraction of sp³-hybridized carbons (Fsp3) is 0.391. The lowest BCUT2D eigenvalue weighted by atomic mass is 10.1. The summed E-state index contributed by atoms with van der Waals surface area (Å²) in [5.41, 5.74) is 2.95. The van der Waals surface area contributed by atoms with Gasteiger partial charge in [-0.1, -0.05) is 35.3 Å². The van der Waals surface area contributed by atoms with Crippen molar-refractivity contribution in [2.45, 2.75) is 40.3 Å². The molecular weight excluding hydrogens is 485 g/mol. The molecule has 0 radical (unpaired) electrons. The van der Waals surface area contributed by atoms with Crippen molar-refractivity contribution in [3.05, 3.63) is 63.1 Å². The van der Waals surface area contributed by atoms with Gasteiger partial charge in [-0.25, -0.2) is 8.42 Å². The lowest BCUT2D eigenvalue weighted by Gasteiger charge is -2.31. The Kier molecular flexibility index (Phi) is 9.17. The van der Waals surface area contributed by atoms with Gasteiger partial charge in [0.05, 0.1) is 22.0 Å². The molecule has 0 saturated heterocycles. The number of sulfonamides is 1. The first kappa shape index (κ1) is 27.0. The third-order valence-electron chi connectivity index (χ3n) is 5.31. The largest absolute Gasteiger partial charge is 0.355 e. The molecule has 2 rings (SSSR count). The second kappa shape index (κ2) is 11.2. The van der Waals surface area contributed by atoms with Gasteiger partial charge in [-0.3, -0.25) is 13.9 Å². The van der Waals surface area contributed by atoms with E-state index in [1.807, 2.05) is 13.8 Å². The van der Waals surface area contributed by atoms with Crippen LogP contribution in [0.1, 0.15) is 30.5 Å². The molecule has 33 heavy (non-hydrogen) atoms. The number of carbonyl (C=O) groups excluding carboxylic acids is 2. The summed E-state index contributed by atoms with van der Waals surface area (Å²) >= 11 is 12.1. The number of nitrogens with zero attached hydrogens (tertiary/aromatic N) is 2. The van der Waals surface area contributed by atoms with Gasteiger partial charge >= 0.3 is 0 Å². The van der Waals surface area contributed by atoms with Crippen molar-refractivity contribution in [2.24, 2.45) is 0 Å². The number of anilines is 1. The zero-order chi connectivity index (χ0) is 24.9. The number of hydrogen-bond acceptors (Lipinski definition) is 4. The van der Waals surface area contributed by atoms with E-state index in [1.54, 1.807) is 50.2 Å². The van der Waals surface area contributed by atoms with E-state index in [4.69, 9.17) is 23.2 Å². The Bertz CT molecular complexity index is 1140. The highest BCUT2D eigenvalue weighted by atomic mass is 35.5. The third-order valence-corrected chi connectivity index (χ3v) is 7.19. The minimum atomic E-state index is -3.77. The highest BCUT2D eigenvalue weighted by molar-refractivity contribution is 7.92. The van der Waals surface area contributed by atoms with Crippen LogP contribution in [0.2, 0.25) is 10.0 Å². The third kappa shape index (κ3) is 7.09. The molecule has 7 nitrogen and oxygen atoms in total. The van der Waals surface area contributed by atoms with Crippen LogP contribution >= 0.6 is 23.2 Å². The van der Waals surface area contributed by atoms with Crippen LogP contribution in [0.25, 0.3) is 0 Å². The van der Waals surface area contributed by atoms with Gasteiger partial charge in [0, 0.05) is 13.1 Å². The van der Waals surface area contributed by atoms with Crippen molar-refractivity contribution in [3.8, 4) is 0 Å². The SMILES string of the molecule is CCNC(=O)C(C)N(Cc1ccc(Cl)c(Cl)c1)C(=O)CN(c1ccc(C)c(C)c1)S(C)(=O)=O. The second-order valence-corrected chi connectivity index (χ2v) is 10.6. The second-order valence-electron chi connectivity index (χ2n) is 7.88. The topological polar surface area (TPSA) is 86.8 Å². The molecule has 1 N–H and O–H groups in total. The van der Waals surface area contributed by atoms with Crippen LogP contribution in [-0.4, -0.2) is 50.5 Å². The molecular formula is C23H29Cl2N3O4S. The number of aryl methyl sites for hydroxylation is 2. The Labute approximate surface area is 205 Å². The van der Waals surface area contributed by atoms with Crippen LogP contribution in [0.5, 0.6) is 0 Å². The minimum Gasteiger partial charge on any atom is -0.355 e. The zero-order valence-corrected chi connectivity index (χ0v) is 21.7. The van der Waals surface area contributed by atoms with Gasteiger partial charge in [-0.05, 0) is 68.7 Å². The van der Waals surface area contributed by atoms with Crippen molar-refractivity contribution in [1.82, 2.24) is 10.2 Å². The molecule has 0 aliphatic heterocycles. The molecule has 1 atom stereocenters. The maximum atomic E-state index is 13.4. The van der Waals surface area contributed by atoms with E-state index in [0.29, 0.717) is 27.8 Å². The quantitative estimate of drug-likeness (QED) is 0.550. The summed E-state index contributed by atoms with van der Waals surface area (Å²) in [5.74, 6) is -0.869. The number of nitrogens with one attached hydrogen (secondary N) is 1. The van der Waals surface area contributed by atoms with E-state index in [1.165, 1.54) is 4.90 Å². The minimum absolute atomic E-state index is 0.0541. The molecule has 1 unspecified atom stereocenters. The van der Waals surface area contributed by atoms with E-state index in [9.17, 15) is 18.0 Å². The van der Waals surface area contributed by atoms with Gasteiger partial charge in [0.25, 0.3) is 0 Å². The van der Waals surface area contributed by atoms with Crippen LogP contribution < -0.4 is 9.62 Å². The van der Waals surface area contributed by atoms with Gasteiger partial charge in [-0.2, -0.15) is 0 Å². The van der Waals surface area contributed by atoms with E-state index >= 15 is 0 Å². The maximum absolute atomic E-state index is 13.4. The highest BCUT2D eigenvalue weighted by Gasteiger charge is 2.30. The number of rotatable bonds is 9. The van der Waals surface area contributed by atoms with E-state index in [0.717, 1.165) is 21.7 Å². The average Bonchev–Trinajstić information content (AvgIpc) is 2.73. The van der Waals surface area contributed by atoms with Gasteiger partial charge in [0.1, 0.15) is 12.6 Å². The van der Waals surface area contributed by atoms with Crippen molar-refractivity contribution >= 4 is 50.7 Å². The van der Waals surface area contributed by atoms with Crippen LogP contribution in [0, 0.1) is 13.8 Å². The summed E-state index contributed by atoms with van der Waals surface area (Å²) in [5, 5.41) is 3.39. The number of halogens is 2. The summed E-state index contributed by atoms with van der Waals surface area (Å²) < 4.78 is 26.2. The molecule has 0 fully saturated rings. The average molecular weight is 514 g/mol. The van der Waals surface area contributed by atoms with Gasteiger partial charge in [-0.15, -0.1) is 0 Å². The molecule has 0 heterocycles. The molecule has 10 heteroatoms. The van der Waals surface area contributed by atoms with Crippen LogP contribution in [0.4, 0.5) is 5.69 Å². The Balaban J connectivity index is 2.42. The summed E-state index contributed by atoms with van der Waals surface area (Å²) in [6.45, 7) is 7.17. The molecule has 0 aromatic heterocycles. The summed E-state index contributed by atoms with van der Waals surface area (Å²) in [6, 6.07) is 9.28. The first-order valence-corrected chi connectivity index (χ1v) is 13.0. The Hall–Kier alpha value is -2.29. The molecule has 0 bridgehead atoms. The predicted molar refractivity (Wildman–Crippen MR) is 133 cm³/mol. The van der Waals surface area contributed by atoms with Crippen molar-refractivity contribution in [1.29, 1.82) is 0 Å². The highest BCUT2D eigenvalue weighted by Crippen LogP contribution is 2.25. The Morgan fingerprint density at radius 3 is 2.24 bits per heavy atom. The van der Waals surface area contributed by atoms with E-state index in [-0.39, 0.29) is 12.5 Å². The summed E-state index contributed by atoms with van der Waals surface area (Å²) in [6.07, 6.45) is 1.05. The monoisotopic (exact) mass is 513 g/mol. The fourth-order valence-corrected chi connectivity index (χ4v) is 4.40. The van der Waals surface area contributed by atoms with Crippen LogP contribution in [0.15, 0.2) is 36.4 Å². The molecule has 2 aromatic carbocycles. The molecule has 0 spiro atoms. The summed E-state index contributed by atoms with van der Waals surface area (Å²) in [4.78, 5) is 27.3. The predicted octanol–water partition coefficient (Wildman–Crippen LogP) is 3.93. The zero-order valence-electron chi connectivity index (χ0n) is 19.4. The van der Waals surface area contributed by atoms with Crippen molar-refractivity contribution in [3.63, 3.8) is 0 Å². The number of benzene rings is 2. The maximum Gasteiger partial charge on any atom is 0.244 e. The molecule has 0 aliphatic rings. The van der Waals surface area contributed by atoms with Crippen molar-refractivity contribution < 1.29 is 18.0 Å². The standard InChI is InChI=1S/C23H29Cl2N3O4S/c1-6-26-23(30)17(4)27(13-18-8-10-20(24)21(25)12-18)22(29)14-28(33(5,31)32)19-9-7-15(2)16(3)11-19/h7-12,17H,6,13-14H2,1-5H3,(H,26,30). The number of amides is 2. The first-order chi connectivity index (χ1) is 15.3. The Morgan fingerprint density at radius 1 is 1.03 bits per heavy atom. The smallest absolute Gasteiger partial charge is 0.244 e. The fourth-order valence-electron chi connectivity index (χ4n) is 3.23. The number of hydrogen-bond donors (Lipinski definition) is 1. The number of likely N-dealkylation sites (N-methyl/N-ethyl adjacent to an activating group) is 1. The molecule has 0 aliphatic carbocycles.